The number of fused-ring (bicyclic) bond motifs is 1. The number of nitrogens with two attached hydrogens (primary N) is 1. The molecule has 4 N–H and O–H groups in total. The molecule has 4 rings (SSSR count). The Morgan fingerprint density at radius 3 is 2.59 bits per heavy atom. The average Bonchev–Trinajstić information content (AvgIpc) is 3.21. The highest BCUT2D eigenvalue weighted by atomic mass is 32.2. The van der Waals surface area contributed by atoms with Crippen molar-refractivity contribution in [2.75, 3.05) is 59.5 Å². The van der Waals surface area contributed by atoms with Gasteiger partial charge in [0.2, 0.25) is 11.9 Å². The molecule has 2 aromatic rings. The molecule has 2 aliphatic rings. The van der Waals surface area contributed by atoms with E-state index < -0.39 is 9.84 Å². The van der Waals surface area contributed by atoms with Crippen LogP contribution in [-0.4, -0.2) is 67.4 Å². The largest absolute Gasteiger partial charge is 0.382 e. The Labute approximate surface area is 188 Å². The highest BCUT2D eigenvalue weighted by Gasteiger charge is 2.27. The fourth-order valence-electron chi connectivity index (χ4n) is 4.05. The lowest BCUT2D eigenvalue weighted by atomic mass is 10.1. The quantitative estimate of drug-likeness (QED) is 0.530. The number of hydrogen-bond acceptors (Lipinski definition) is 9. The highest BCUT2D eigenvalue weighted by molar-refractivity contribution is 7.90. The van der Waals surface area contributed by atoms with Crippen LogP contribution < -0.4 is 21.3 Å². The first-order valence-corrected chi connectivity index (χ1v) is 12.8. The second-order valence-corrected chi connectivity index (χ2v) is 10.7. The maximum atomic E-state index is 12.3. The molecule has 172 valence electrons. The third-order valence-corrected chi connectivity index (χ3v) is 6.49. The summed E-state index contributed by atoms with van der Waals surface area (Å²) in [5.74, 6) is 0.659. The summed E-state index contributed by atoms with van der Waals surface area (Å²) in [4.78, 5) is 25.3. The van der Waals surface area contributed by atoms with Gasteiger partial charge in [-0.1, -0.05) is 24.3 Å². The van der Waals surface area contributed by atoms with Crippen LogP contribution in [0.2, 0.25) is 0 Å². The molecule has 1 saturated heterocycles. The number of amides is 1. The molecule has 1 amide bonds. The molecular weight excluding hydrogens is 430 g/mol. The summed E-state index contributed by atoms with van der Waals surface area (Å²) in [6.45, 7) is 4.00. The number of carbonyl (C=O) groups is 1. The van der Waals surface area contributed by atoms with Crippen molar-refractivity contribution in [3.8, 4) is 0 Å². The lowest BCUT2D eigenvalue weighted by molar-refractivity contribution is -0.115. The van der Waals surface area contributed by atoms with Crippen LogP contribution in [0.15, 0.2) is 24.3 Å². The normalized spacial score (nSPS) is 16.7. The smallest absolute Gasteiger partial charge is 0.244 e. The zero-order valence-electron chi connectivity index (χ0n) is 18.2. The summed E-state index contributed by atoms with van der Waals surface area (Å²) < 4.78 is 22.8. The molecule has 1 aromatic carbocycles. The molecule has 1 aromatic heterocycles. The Morgan fingerprint density at radius 2 is 1.88 bits per heavy atom. The molecule has 0 unspecified atom stereocenters. The van der Waals surface area contributed by atoms with Crippen molar-refractivity contribution < 1.29 is 13.2 Å². The van der Waals surface area contributed by atoms with Crippen LogP contribution in [0.3, 0.4) is 0 Å². The maximum absolute atomic E-state index is 12.3. The van der Waals surface area contributed by atoms with E-state index in [9.17, 15) is 13.2 Å². The first-order chi connectivity index (χ1) is 15.3. The Hall–Kier alpha value is -2.92. The van der Waals surface area contributed by atoms with E-state index in [2.05, 4.69) is 37.6 Å². The Morgan fingerprint density at radius 1 is 1.16 bits per heavy atom. The molecule has 0 bridgehead atoms. The van der Waals surface area contributed by atoms with Gasteiger partial charge < -0.3 is 21.3 Å². The van der Waals surface area contributed by atoms with E-state index in [0.29, 0.717) is 18.1 Å². The molecule has 0 atom stereocenters. The Kier molecular flexibility index (Phi) is 6.47. The number of hydrogen-bond donors (Lipinski definition) is 3. The van der Waals surface area contributed by atoms with Crippen LogP contribution in [-0.2, 0) is 27.7 Å². The predicted molar refractivity (Wildman–Crippen MR) is 125 cm³/mol. The third kappa shape index (κ3) is 5.65. The minimum absolute atomic E-state index is 0.0440. The fourth-order valence-corrected chi connectivity index (χ4v) is 4.52. The molecular formula is C21H29N7O3S. The van der Waals surface area contributed by atoms with Gasteiger partial charge in [0.15, 0.2) is 11.6 Å². The minimum atomic E-state index is -3.11. The van der Waals surface area contributed by atoms with E-state index in [4.69, 9.17) is 5.73 Å². The Bertz CT molecular complexity index is 1100. The van der Waals surface area contributed by atoms with E-state index >= 15 is 0 Å². The van der Waals surface area contributed by atoms with Gasteiger partial charge >= 0.3 is 0 Å². The maximum Gasteiger partial charge on any atom is 0.244 e. The molecule has 32 heavy (non-hydrogen) atoms. The minimum Gasteiger partial charge on any atom is -0.382 e. The number of sulfone groups is 1. The number of nitrogens with zero attached hydrogens (tertiary/aromatic N) is 4. The van der Waals surface area contributed by atoms with Crippen LogP contribution >= 0.6 is 0 Å². The number of benzene rings is 1. The Balaban J connectivity index is 1.53. The second kappa shape index (κ2) is 9.29. The first-order valence-electron chi connectivity index (χ1n) is 10.7. The predicted octanol–water partition coefficient (Wildman–Crippen LogP) is 1.07. The monoisotopic (exact) mass is 459 g/mol. The second-order valence-electron chi connectivity index (χ2n) is 8.40. The van der Waals surface area contributed by atoms with Gasteiger partial charge in [0.25, 0.3) is 0 Å². The van der Waals surface area contributed by atoms with Crippen molar-refractivity contribution in [3.05, 3.63) is 35.4 Å². The molecule has 3 heterocycles. The van der Waals surface area contributed by atoms with Crippen molar-refractivity contribution in [1.29, 1.82) is 0 Å². The fraction of sp³-hybridized carbons (Fsp3) is 0.476. The van der Waals surface area contributed by atoms with Crippen LogP contribution in [0.4, 0.5) is 23.3 Å². The number of anilines is 4. The summed E-state index contributed by atoms with van der Waals surface area (Å²) in [7, 11) is -3.11. The van der Waals surface area contributed by atoms with Crippen LogP contribution in [0.5, 0.6) is 0 Å². The van der Waals surface area contributed by atoms with E-state index in [0.717, 1.165) is 25.2 Å². The van der Waals surface area contributed by atoms with Gasteiger partial charge in [-0.25, -0.2) is 8.42 Å². The van der Waals surface area contributed by atoms with Crippen LogP contribution in [0.1, 0.15) is 24.0 Å². The summed E-state index contributed by atoms with van der Waals surface area (Å²) >= 11 is 0. The number of likely N-dealkylation sites (tertiary alicyclic amines) is 1. The molecule has 0 aliphatic carbocycles. The zero-order valence-corrected chi connectivity index (χ0v) is 19.0. The number of nitrogens with one attached hydrogen (secondary N) is 2. The number of aromatic nitrogens is 2. The van der Waals surface area contributed by atoms with Crippen molar-refractivity contribution in [3.63, 3.8) is 0 Å². The van der Waals surface area contributed by atoms with Gasteiger partial charge in [-0.3, -0.25) is 9.69 Å². The van der Waals surface area contributed by atoms with Gasteiger partial charge in [-0.05, 0) is 37.1 Å². The van der Waals surface area contributed by atoms with Crippen LogP contribution in [0, 0.1) is 0 Å². The van der Waals surface area contributed by atoms with Gasteiger partial charge in [0, 0.05) is 25.9 Å². The molecule has 1 fully saturated rings. The number of carbonyl (C=O) groups excluding carboxylic acids is 1. The number of nitrogen functional groups attached to an aromatic ring is 1. The summed E-state index contributed by atoms with van der Waals surface area (Å²) in [5.41, 5.74) is 8.78. The number of rotatable bonds is 8. The molecule has 0 radical (unpaired) electrons. The zero-order chi connectivity index (χ0) is 22.7. The lowest BCUT2D eigenvalue weighted by Crippen LogP contribution is -2.39. The topological polar surface area (TPSA) is 134 Å². The SMILES string of the molecule is CS(=O)(=O)CCNc1nc(N)c2c(n1)N(Cc1cccc(CN3CCCC3)c1)CC(=O)N2. The summed E-state index contributed by atoms with van der Waals surface area (Å²) in [5, 5.41) is 5.66. The third-order valence-electron chi connectivity index (χ3n) is 5.54. The van der Waals surface area contributed by atoms with E-state index in [1.165, 1.54) is 24.7 Å². The van der Waals surface area contributed by atoms with Crippen molar-refractivity contribution in [1.82, 2.24) is 14.9 Å². The lowest BCUT2D eigenvalue weighted by Gasteiger charge is -2.30. The highest BCUT2D eigenvalue weighted by Crippen LogP contribution is 2.33. The molecule has 0 spiro atoms. The van der Waals surface area contributed by atoms with Crippen molar-refractivity contribution in [2.45, 2.75) is 25.9 Å². The first kappa shape index (κ1) is 22.3. The van der Waals surface area contributed by atoms with E-state index in [-0.39, 0.29) is 36.5 Å². The van der Waals surface area contributed by atoms with E-state index in [1.807, 2.05) is 17.0 Å². The van der Waals surface area contributed by atoms with E-state index in [1.54, 1.807) is 0 Å². The molecule has 11 heteroatoms. The summed E-state index contributed by atoms with van der Waals surface area (Å²) in [6, 6.07) is 8.37. The van der Waals surface area contributed by atoms with Gasteiger partial charge in [-0.2, -0.15) is 9.97 Å². The van der Waals surface area contributed by atoms with Crippen LogP contribution in [0.25, 0.3) is 0 Å². The molecule has 10 nitrogen and oxygen atoms in total. The standard InChI is InChI=1S/C21H29N7O3S/c1-32(30,31)10-7-23-21-25-19(22)18-20(26-21)28(14-17(29)24-18)13-16-6-4-5-15(11-16)12-27-8-2-3-9-27/h4-6,11H,2-3,7-10,12-14H2,1H3,(H,24,29)(H3,22,23,25,26). The van der Waals surface area contributed by atoms with Crippen molar-refractivity contribution in [2.24, 2.45) is 0 Å². The average molecular weight is 460 g/mol. The van der Waals surface area contributed by atoms with Crippen molar-refractivity contribution >= 4 is 39.0 Å². The molecule has 2 aliphatic heterocycles. The summed E-state index contributed by atoms with van der Waals surface area (Å²) in [6.07, 6.45) is 3.67. The van der Waals surface area contributed by atoms with Gasteiger partial charge in [-0.15, -0.1) is 0 Å². The molecule has 0 saturated carbocycles. The van der Waals surface area contributed by atoms with Gasteiger partial charge in [0.05, 0.1) is 12.3 Å². The van der Waals surface area contributed by atoms with Gasteiger partial charge in [0.1, 0.15) is 15.5 Å².